The van der Waals surface area contributed by atoms with Gasteiger partial charge in [0.1, 0.15) is 6.04 Å². The van der Waals surface area contributed by atoms with Crippen molar-refractivity contribution in [3.05, 3.63) is 0 Å². The normalized spacial score (nSPS) is 8.93. The number of carboxylic acids is 2. The molecule has 5 nitrogen and oxygen atoms in total. The fraction of sp³-hybridized carbons (Fsp3) is 0.600. The summed E-state index contributed by atoms with van der Waals surface area (Å²) in [5.41, 5.74) is 5.00. The fourth-order valence-corrected chi connectivity index (χ4v) is 0.402. The van der Waals surface area contributed by atoms with Crippen LogP contribution in [0.15, 0.2) is 0 Å². The molecule has 9 heteroatoms. The van der Waals surface area contributed by atoms with Crippen molar-refractivity contribution in [1.29, 1.82) is 0 Å². The molecule has 14 heavy (non-hydrogen) atoms. The van der Waals surface area contributed by atoms with Gasteiger partial charge in [-0.15, -0.1) is 0 Å². The SMILES string of the molecule is NC(CCC(=O)O)C(=O)O.[KH].[KH].[KH].[KH]. The average molecular weight is 308 g/mol. The summed E-state index contributed by atoms with van der Waals surface area (Å²) in [5.74, 6) is -2.20. The van der Waals surface area contributed by atoms with Gasteiger partial charge >= 0.3 is 217 Å². The van der Waals surface area contributed by atoms with E-state index in [1.165, 1.54) is 0 Å². The van der Waals surface area contributed by atoms with E-state index in [2.05, 4.69) is 0 Å². The van der Waals surface area contributed by atoms with E-state index in [9.17, 15) is 9.59 Å². The van der Waals surface area contributed by atoms with Gasteiger partial charge in [0.15, 0.2) is 0 Å². The van der Waals surface area contributed by atoms with Crippen LogP contribution in [0.3, 0.4) is 0 Å². The summed E-state index contributed by atoms with van der Waals surface area (Å²) in [5, 5.41) is 16.3. The van der Waals surface area contributed by atoms with Gasteiger partial charge < -0.3 is 15.9 Å². The Morgan fingerprint density at radius 3 is 1.64 bits per heavy atom. The number of rotatable bonds is 4. The molecule has 0 aliphatic carbocycles. The Labute approximate surface area is 253 Å². The molecule has 0 bridgehead atoms. The Bertz CT molecular complexity index is 157. The summed E-state index contributed by atoms with van der Waals surface area (Å²) >= 11 is 0. The van der Waals surface area contributed by atoms with Crippen molar-refractivity contribution in [3.8, 4) is 0 Å². The number of nitrogens with two attached hydrogens (primary N) is 1. The van der Waals surface area contributed by atoms with Crippen LogP contribution in [0.2, 0.25) is 0 Å². The quantitative estimate of drug-likeness (QED) is 0.472. The zero-order chi connectivity index (χ0) is 8.15. The van der Waals surface area contributed by atoms with Crippen LogP contribution < -0.4 is 5.73 Å². The van der Waals surface area contributed by atoms with Crippen molar-refractivity contribution >= 4 is 217 Å². The molecule has 0 rings (SSSR count). The van der Waals surface area contributed by atoms with Crippen LogP contribution in [0.4, 0.5) is 0 Å². The maximum atomic E-state index is 9.99. The van der Waals surface area contributed by atoms with Crippen LogP contribution in [0.5, 0.6) is 0 Å². The van der Waals surface area contributed by atoms with Gasteiger partial charge in [-0.25, -0.2) is 0 Å². The van der Waals surface area contributed by atoms with Crippen molar-refractivity contribution in [2.45, 2.75) is 18.9 Å². The molecule has 0 aliphatic heterocycles. The van der Waals surface area contributed by atoms with E-state index in [1.807, 2.05) is 0 Å². The van der Waals surface area contributed by atoms with Crippen LogP contribution in [0.25, 0.3) is 0 Å². The molecule has 1 atom stereocenters. The summed E-state index contributed by atoms with van der Waals surface area (Å²) in [4.78, 5) is 19.9. The summed E-state index contributed by atoms with van der Waals surface area (Å²) in [6.07, 6.45) is -0.224. The Morgan fingerprint density at radius 2 is 1.43 bits per heavy atom. The molecule has 0 radical (unpaired) electrons. The summed E-state index contributed by atoms with van der Waals surface area (Å²) in [6, 6.07) is -1.06. The molecule has 1 unspecified atom stereocenters. The Hall–Kier alpha value is 5.45. The molecule has 0 fully saturated rings. The van der Waals surface area contributed by atoms with Crippen LogP contribution in [0, 0.1) is 0 Å². The van der Waals surface area contributed by atoms with E-state index < -0.39 is 18.0 Å². The van der Waals surface area contributed by atoms with Gasteiger partial charge in [0, 0.05) is 6.42 Å². The van der Waals surface area contributed by atoms with Gasteiger partial charge in [0.25, 0.3) is 0 Å². The number of carbonyl (C=O) groups is 2. The molecule has 0 saturated carbocycles. The molecular weight excluding hydrogens is 294 g/mol. The minimum absolute atomic E-state index is 0. The number of carboxylic acid groups (broad SMARTS) is 2. The standard InChI is InChI=1S/C5H9NO4.4K.4H/c6-3(5(9)10)1-2-4(7)8;;;;;;;;/h3H,1-2,6H2,(H,7,8)(H,9,10);;;;;;;;. The molecule has 0 heterocycles. The first-order valence-electron chi connectivity index (χ1n) is 2.74. The number of aliphatic carboxylic acids is 2. The number of hydrogen-bond acceptors (Lipinski definition) is 3. The Balaban J connectivity index is -0.0000000675. The number of hydrogen-bond donors (Lipinski definition) is 3. The van der Waals surface area contributed by atoms with Gasteiger partial charge in [-0.1, -0.05) is 0 Å². The average Bonchev–Trinajstić information content (AvgIpc) is 1.82. The summed E-state index contributed by atoms with van der Waals surface area (Å²) in [6.45, 7) is 0. The molecule has 0 aromatic heterocycles. The van der Waals surface area contributed by atoms with E-state index in [1.54, 1.807) is 0 Å². The zero-order valence-electron chi connectivity index (χ0n) is 5.28. The van der Waals surface area contributed by atoms with Crippen LogP contribution >= 0.6 is 0 Å². The van der Waals surface area contributed by atoms with Crippen molar-refractivity contribution in [3.63, 3.8) is 0 Å². The first-order valence-corrected chi connectivity index (χ1v) is 2.74. The maximum absolute atomic E-state index is 9.99. The minimum atomic E-state index is -1.17. The first kappa shape index (κ1) is 31.7. The zero-order valence-corrected chi connectivity index (χ0v) is 5.28. The van der Waals surface area contributed by atoms with E-state index in [0.29, 0.717) is 0 Å². The third-order valence-electron chi connectivity index (χ3n) is 0.986. The predicted octanol–water partition coefficient (Wildman–Crippen LogP) is -3.33. The van der Waals surface area contributed by atoms with Gasteiger partial charge in [-0.05, 0) is 6.42 Å². The van der Waals surface area contributed by atoms with Gasteiger partial charge in [0.05, 0.1) is 0 Å². The van der Waals surface area contributed by atoms with Gasteiger partial charge in [0.2, 0.25) is 0 Å². The molecule has 0 saturated heterocycles. The van der Waals surface area contributed by atoms with Crippen molar-refractivity contribution < 1.29 is 19.8 Å². The van der Waals surface area contributed by atoms with Crippen molar-refractivity contribution in [2.24, 2.45) is 5.73 Å². The summed E-state index contributed by atoms with van der Waals surface area (Å²) in [7, 11) is 0. The van der Waals surface area contributed by atoms with E-state index in [-0.39, 0.29) is 218 Å². The second-order valence-corrected chi connectivity index (χ2v) is 1.88. The molecule has 0 spiro atoms. The third kappa shape index (κ3) is 22.6. The van der Waals surface area contributed by atoms with Gasteiger partial charge in [-0.2, -0.15) is 0 Å². The van der Waals surface area contributed by atoms with Crippen LogP contribution in [0.1, 0.15) is 12.8 Å². The fourth-order valence-electron chi connectivity index (χ4n) is 0.402. The molecule has 4 N–H and O–H groups in total. The van der Waals surface area contributed by atoms with Crippen molar-refractivity contribution in [1.82, 2.24) is 0 Å². The second-order valence-electron chi connectivity index (χ2n) is 1.88. The van der Waals surface area contributed by atoms with Crippen molar-refractivity contribution in [2.75, 3.05) is 0 Å². The van der Waals surface area contributed by atoms with E-state index >= 15 is 0 Å². The molecule has 0 aliphatic rings. The Morgan fingerprint density at radius 1 is 1.07 bits per heavy atom. The first-order chi connectivity index (χ1) is 4.54. The monoisotopic (exact) mass is 307 g/mol. The second kappa shape index (κ2) is 20.8. The topological polar surface area (TPSA) is 101 Å². The van der Waals surface area contributed by atoms with E-state index in [0.717, 1.165) is 0 Å². The molecular formula is C5H13K4NO4. The summed E-state index contributed by atoms with van der Waals surface area (Å²) < 4.78 is 0. The molecule has 66 valence electrons. The molecule has 0 aromatic carbocycles. The third-order valence-corrected chi connectivity index (χ3v) is 0.986. The van der Waals surface area contributed by atoms with E-state index in [4.69, 9.17) is 15.9 Å². The van der Waals surface area contributed by atoms with Crippen LogP contribution in [-0.4, -0.2) is 234 Å². The molecule has 0 amide bonds. The molecule has 0 aromatic rings. The Kier molecular flexibility index (Phi) is 47.0. The van der Waals surface area contributed by atoms with Gasteiger partial charge in [-0.3, -0.25) is 9.59 Å². The predicted molar refractivity (Wildman–Crippen MR) is 61.1 cm³/mol. The van der Waals surface area contributed by atoms with Crippen LogP contribution in [-0.2, 0) is 9.59 Å².